The number of benzene rings is 1. The van der Waals surface area contributed by atoms with Crippen LogP contribution in [0.2, 0.25) is 10.0 Å². The smallest absolute Gasteiger partial charge is 0.263 e. The molecular formula is C13H14Cl2N2O2S2. The predicted molar refractivity (Wildman–Crippen MR) is 89.1 cm³/mol. The predicted octanol–water partition coefficient (Wildman–Crippen LogP) is 3.88. The number of hydrogen-bond donors (Lipinski definition) is 2. The average Bonchev–Trinajstić information content (AvgIpc) is 2.69. The summed E-state index contributed by atoms with van der Waals surface area (Å²) in [7, 11) is -1.91. The molecule has 0 bridgehead atoms. The maximum absolute atomic E-state index is 12.6. The fraction of sp³-hybridized carbons (Fsp3) is 0.231. The molecule has 0 atom stereocenters. The summed E-state index contributed by atoms with van der Waals surface area (Å²) in [6, 6.07) is 4.58. The fourth-order valence-electron chi connectivity index (χ4n) is 1.95. The van der Waals surface area contributed by atoms with Crippen molar-refractivity contribution in [2.45, 2.75) is 18.4 Å². The zero-order valence-electron chi connectivity index (χ0n) is 11.4. The van der Waals surface area contributed by atoms with Crippen molar-refractivity contribution in [2.75, 3.05) is 11.8 Å². The highest BCUT2D eigenvalue weighted by atomic mass is 35.5. The molecule has 2 aromatic rings. The van der Waals surface area contributed by atoms with Gasteiger partial charge in [0, 0.05) is 21.5 Å². The van der Waals surface area contributed by atoms with Crippen LogP contribution in [0.5, 0.6) is 0 Å². The van der Waals surface area contributed by atoms with Crippen LogP contribution in [0, 0.1) is 6.92 Å². The van der Waals surface area contributed by atoms with Gasteiger partial charge in [-0.25, -0.2) is 8.42 Å². The van der Waals surface area contributed by atoms with Crippen molar-refractivity contribution >= 4 is 50.2 Å². The minimum Gasteiger partial charge on any atom is -0.315 e. The van der Waals surface area contributed by atoms with Gasteiger partial charge in [0.2, 0.25) is 0 Å². The first-order chi connectivity index (χ1) is 9.83. The second kappa shape index (κ2) is 6.54. The van der Waals surface area contributed by atoms with Gasteiger partial charge in [0.25, 0.3) is 10.0 Å². The highest BCUT2D eigenvalue weighted by molar-refractivity contribution is 7.93. The maximum Gasteiger partial charge on any atom is 0.263 e. The summed E-state index contributed by atoms with van der Waals surface area (Å²) in [4.78, 5) is 1.06. The highest BCUT2D eigenvalue weighted by Gasteiger charge is 2.23. The monoisotopic (exact) mass is 364 g/mol. The number of rotatable bonds is 5. The van der Waals surface area contributed by atoms with E-state index in [1.54, 1.807) is 20.0 Å². The van der Waals surface area contributed by atoms with Crippen LogP contribution in [-0.4, -0.2) is 15.5 Å². The number of halogens is 2. The number of thiophene rings is 1. The molecule has 4 nitrogen and oxygen atoms in total. The lowest BCUT2D eigenvalue weighted by Crippen LogP contribution is -2.16. The molecule has 0 unspecified atom stereocenters. The average molecular weight is 365 g/mol. The van der Waals surface area contributed by atoms with Crippen LogP contribution in [0.15, 0.2) is 28.5 Å². The van der Waals surface area contributed by atoms with Crippen LogP contribution in [0.3, 0.4) is 0 Å². The quantitative estimate of drug-likeness (QED) is 0.845. The SMILES string of the molecule is CNCc1scc(C)c1S(=O)(=O)Nc1cc(Cl)cc(Cl)c1. The standard InChI is InChI=1S/C13H14Cl2N2O2S2/c1-8-7-20-12(6-16-2)13(8)21(18,19)17-11-4-9(14)3-10(15)5-11/h3-5,7,16-17H,6H2,1-2H3. The first kappa shape index (κ1) is 16.6. The van der Waals surface area contributed by atoms with Crippen LogP contribution in [0.4, 0.5) is 5.69 Å². The number of hydrogen-bond acceptors (Lipinski definition) is 4. The Kier molecular flexibility index (Phi) is 5.16. The van der Waals surface area contributed by atoms with E-state index in [1.807, 2.05) is 5.38 Å². The Morgan fingerprint density at radius 3 is 2.38 bits per heavy atom. The number of aryl methyl sites for hydroxylation is 1. The lowest BCUT2D eigenvalue weighted by atomic mass is 10.3. The molecule has 0 fully saturated rings. The maximum atomic E-state index is 12.6. The molecule has 0 saturated heterocycles. The van der Waals surface area contributed by atoms with Crippen LogP contribution >= 0.6 is 34.5 Å². The van der Waals surface area contributed by atoms with Crippen molar-refractivity contribution in [1.29, 1.82) is 0 Å². The molecule has 0 aliphatic heterocycles. The molecule has 1 aromatic carbocycles. The van der Waals surface area contributed by atoms with E-state index < -0.39 is 10.0 Å². The molecule has 2 N–H and O–H groups in total. The molecule has 0 radical (unpaired) electrons. The molecule has 0 aliphatic carbocycles. The highest BCUT2D eigenvalue weighted by Crippen LogP contribution is 2.30. The van der Waals surface area contributed by atoms with E-state index >= 15 is 0 Å². The molecule has 2 rings (SSSR count). The topological polar surface area (TPSA) is 58.2 Å². The van der Waals surface area contributed by atoms with Crippen molar-refractivity contribution in [1.82, 2.24) is 5.32 Å². The third kappa shape index (κ3) is 3.90. The van der Waals surface area contributed by atoms with Crippen molar-refractivity contribution in [3.05, 3.63) is 44.1 Å². The Balaban J connectivity index is 2.41. The van der Waals surface area contributed by atoms with Crippen molar-refractivity contribution in [3.63, 3.8) is 0 Å². The molecule has 0 aliphatic rings. The Hall–Kier alpha value is -0.790. The lowest BCUT2D eigenvalue weighted by Gasteiger charge is -2.11. The van der Waals surface area contributed by atoms with Gasteiger partial charge in [-0.3, -0.25) is 4.72 Å². The van der Waals surface area contributed by atoms with E-state index in [2.05, 4.69) is 10.0 Å². The molecule has 0 saturated carbocycles. The van der Waals surface area contributed by atoms with Crippen LogP contribution < -0.4 is 10.0 Å². The van der Waals surface area contributed by atoms with E-state index in [4.69, 9.17) is 23.2 Å². The van der Waals surface area contributed by atoms with Gasteiger partial charge in [-0.05, 0) is 43.1 Å². The first-order valence-corrected chi connectivity index (χ1v) is 9.16. The Morgan fingerprint density at radius 1 is 1.19 bits per heavy atom. The van der Waals surface area contributed by atoms with Gasteiger partial charge >= 0.3 is 0 Å². The van der Waals surface area contributed by atoms with E-state index in [-0.39, 0.29) is 0 Å². The summed E-state index contributed by atoms with van der Waals surface area (Å²) in [5.74, 6) is 0. The van der Waals surface area contributed by atoms with Crippen molar-refractivity contribution in [3.8, 4) is 0 Å². The molecular weight excluding hydrogens is 351 g/mol. The molecule has 8 heteroatoms. The summed E-state index contributed by atoms with van der Waals surface area (Å²) < 4.78 is 27.7. The van der Waals surface area contributed by atoms with Gasteiger partial charge < -0.3 is 5.32 Å². The summed E-state index contributed by atoms with van der Waals surface area (Å²) in [6.07, 6.45) is 0. The first-order valence-electron chi connectivity index (χ1n) is 6.04. The summed E-state index contributed by atoms with van der Waals surface area (Å²) in [5.41, 5.74) is 1.05. The van der Waals surface area contributed by atoms with Crippen molar-refractivity contribution < 1.29 is 8.42 Å². The Morgan fingerprint density at radius 2 is 1.81 bits per heavy atom. The number of sulfonamides is 1. The third-order valence-electron chi connectivity index (χ3n) is 2.71. The van der Waals surface area contributed by atoms with Gasteiger partial charge in [0.1, 0.15) is 4.90 Å². The minimum atomic E-state index is -3.68. The molecule has 1 aromatic heterocycles. The zero-order chi connectivity index (χ0) is 15.6. The molecule has 21 heavy (non-hydrogen) atoms. The molecule has 114 valence electrons. The summed E-state index contributed by atoms with van der Waals surface area (Å²) in [5, 5.41) is 5.54. The molecule has 0 spiro atoms. The minimum absolute atomic E-state index is 0.304. The summed E-state index contributed by atoms with van der Waals surface area (Å²) in [6.45, 7) is 2.26. The van der Waals surface area contributed by atoms with E-state index in [0.717, 1.165) is 4.88 Å². The van der Waals surface area contributed by atoms with Crippen LogP contribution in [0.25, 0.3) is 0 Å². The van der Waals surface area contributed by atoms with Gasteiger partial charge in [0.15, 0.2) is 0 Å². The fourth-order valence-corrected chi connectivity index (χ4v) is 5.34. The van der Waals surface area contributed by atoms with Gasteiger partial charge in [-0.15, -0.1) is 11.3 Å². The lowest BCUT2D eigenvalue weighted by molar-refractivity contribution is 0.599. The van der Waals surface area contributed by atoms with Crippen LogP contribution in [0.1, 0.15) is 10.4 Å². The Bertz CT molecular complexity index is 737. The van der Waals surface area contributed by atoms with Gasteiger partial charge in [0.05, 0.1) is 5.69 Å². The largest absolute Gasteiger partial charge is 0.315 e. The second-order valence-electron chi connectivity index (χ2n) is 4.46. The zero-order valence-corrected chi connectivity index (χ0v) is 14.6. The van der Waals surface area contributed by atoms with E-state index in [1.165, 1.54) is 23.5 Å². The number of anilines is 1. The number of nitrogens with one attached hydrogen (secondary N) is 2. The van der Waals surface area contributed by atoms with Crippen molar-refractivity contribution in [2.24, 2.45) is 0 Å². The van der Waals surface area contributed by atoms with Gasteiger partial charge in [-0.2, -0.15) is 0 Å². The Labute approximate surface area is 138 Å². The molecule has 0 amide bonds. The third-order valence-corrected chi connectivity index (χ3v) is 5.99. The van der Waals surface area contributed by atoms with Crippen LogP contribution in [-0.2, 0) is 16.6 Å². The second-order valence-corrected chi connectivity index (χ2v) is 7.92. The summed E-state index contributed by atoms with van der Waals surface area (Å²) >= 11 is 13.2. The normalized spacial score (nSPS) is 11.6. The van der Waals surface area contributed by atoms with Gasteiger partial charge in [-0.1, -0.05) is 23.2 Å². The molecule has 1 heterocycles. The van der Waals surface area contributed by atoms with E-state index in [9.17, 15) is 8.42 Å². The van der Waals surface area contributed by atoms with E-state index in [0.29, 0.717) is 32.7 Å².